The van der Waals surface area contributed by atoms with Crippen LogP contribution in [0.5, 0.6) is 0 Å². The molecule has 2 atom stereocenters. The van der Waals surface area contributed by atoms with Gasteiger partial charge in [-0.3, -0.25) is 0 Å². The molecule has 2 unspecified atom stereocenters. The van der Waals surface area contributed by atoms with Gasteiger partial charge in [-0.05, 0) is 51.9 Å². The number of likely N-dealkylation sites (tertiary alicyclic amines) is 2. The van der Waals surface area contributed by atoms with Gasteiger partial charge >= 0.3 is 6.03 Å². The zero-order valence-electron chi connectivity index (χ0n) is 15.3. The molecule has 0 aromatic rings. The van der Waals surface area contributed by atoms with Crippen molar-refractivity contribution in [1.29, 1.82) is 0 Å². The van der Waals surface area contributed by atoms with E-state index in [9.17, 15) is 4.79 Å². The molecule has 0 aliphatic carbocycles. The second-order valence-electron chi connectivity index (χ2n) is 7.53. The van der Waals surface area contributed by atoms with Gasteiger partial charge in [-0.2, -0.15) is 20.2 Å². The molecule has 0 aromatic heterocycles. The third-order valence-electron chi connectivity index (χ3n) is 5.44. The molecule has 0 aromatic carbocycles. The Morgan fingerprint density at radius 1 is 0.769 bits per heavy atom. The standard InChI is InChI=1S/C19H28N6O/c26-19(24-11-5-17(13-20-24)15-22-7-1-2-8-22)25-12-6-18(14-21-25)16-23-9-3-4-10-23/h5-6,11-14,17-18H,1-4,7-10,15-16H2. The molecule has 140 valence electrons. The normalized spacial score (nSPS) is 29.2. The van der Waals surface area contributed by atoms with Crippen LogP contribution in [-0.4, -0.2) is 77.5 Å². The van der Waals surface area contributed by atoms with E-state index in [1.165, 1.54) is 61.9 Å². The monoisotopic (exact) mass is 356 g/mol. The van der Waals surface area contributed by atoms with Gasteiger partial charge in [0.25, 0.3) is 0 Å². The van der Waals surface area contributed by atoms with Crippen LogP contribution in [0.25, 0.3) is 0 Å². The van der Waals surface area contributed by atoms with Crippen LogP contribution >= 0.6 is 0 Å². The largest absolute Gasteiger partial charge is 0.369 e. The van der Waals surface area contributed by atoms with Gasteiger partial charge in [-0.15, -0.1) is 0 Å². The lowest BCUT2D eigenvalue weighted by molar-refractivity contribution is 0.187. The van der Waals surface area contributed by atoms with Crippen LogP contribution in [0.15, 0.2) is 34.8 Å². The fourth-order valence-electron chi connectivity index (χ4n) is 3.95. The summed E-state index contributed by atoms with van der Waals surface area (Å²) < 4.78 is 0. The lowest BCUT2D eigenvalue weighted by Gasteiger charge is -2.26. The Morgan fingerprint density at radius 3 is 1.54 bits per heavy atom. The smallest absolute Gasteiger partial charge is 0.302 e. The van der Waals surface area contributed by atoms with Crippen molar-refractivity contribution in [2.24, 2.45) is 22.0 Å². The van der Waals surface area contributed by atoms with Crippen molar-refractivity contribution < 1.29 is 4.79 Å². The molecule has 0 bridgehead atoms. The minimum atomic E-state index is -0.246. The van der Waals surface area contributed by atoms with E-state index < -0.39 is 0 Å². The number of amides is 2. The fourth-order valence-corrected chi connectivity index (χ4v) is 3.95. The fraction of sp³-hybridized carbons (Fsp3) is 0.632. The van der Waals surface area contributed by atoms with E-state index >= 15 is 0 Å². The van der Waals surface area contributed by atoms with E-state index in [1.54, 1.807) is 12.4 Å². The number of nitrogens with zero attached hydrogens (tertiary/aromatic N) is 6. The highest BCUT2D eigenvalue weighted by Gasteiger charge is 2.24. The van der Waals surface area contributed by atoms with Crippen LogP contribution in [0.4, 0.5) is 4.79 Å². The molecule has 26 heavy (non-hydrogen) atoms. The molecule has 7 heteroatoms. The molecule has 4 rings (SSSR count). The minimum absolute atomic E-state index is 0.246. The predicted molar refractivity (Wildman–Crippen MR) is 103 cm³/mol. The highest BCUT2D eigenvalue weighted by molar-refractivity contribution is 5.80. The highest BCUT2D eigenvalue weighted by Crippen LogP contribution is 2.17. The Balaban J connectivity index is 1.26. The number of carbonyl (C=O) groups excluding carboxylic acids is 1. The molecule has 7 nitrogen and oxygen atoms in total. The number of carbonyl (C=O) groups is 1. The van der Waals surface area contributed by atoms with Crippen molar-refractivity contribution in [2.75, 3.05) is 39.3 Å². The summed E-state index contributed by atoms with van der Waals surface area (Å²) in [5.74, 6) is 0.560. The second kappa shape index (κ2) is 8.14. The lowest BCUT2D eigenvalue weighted by atomic mass is 10.1. The SMILES string of the molecule is O=C(N1C=CC(CN2CCCC2)C=N1)N1C=CC(CN2CCCC2)C=N1. The van der Waals surface area contributed by atoms with Crippen LogP contribution in [0.2, 0.25) is 0 Å². The van der Waals surface area contributed by atoms with E-state index in [0.717, 1.165) is 13.1 Å². The first-order valence-electron chi connectivity index (χ1n) is 9.80. The van der Waals surface area contributed by atoms with Crippen molar-refractivity contribution in [3.8, 4) is 0 Å². The summed E-state index contributed by atoms with van der Waals surface area (Å²) in [5.41, 5.74) is 0. The third kappa shape index (κ3) is 4.22. The lowest BCUT2D eigenvalue weighted by Crippen LogP contribution is -2.36. The van der Waals surface area contributed by atoms with Crippen molar-refractivity contribution in [3.63, 3.8) is 0 Å². The number of hydrogen-bond donors (Lipinski definition) is 0. The van der Waals surface area contributed by atoms with Gasteiger partial charge in [0.1, 0.15) is 0 Å². The van der Waals surface area contributed by atoms with Crippen LogP contribution in [-0.2, 0) is 0 Å². The maximum absolute atomic E-state index is 12.6. The summed E-state index contributed by atoms with van der Waals surface area (Å²) in [5, 5.41) is 11.4. The minimum Gasteiger partial charge on any atom is -0.302 e. The Kier molecular flexibility index (Phi) is 5.45. The Morgan fingerprint density at radius 2 is 1.19 bits per heavy atom. The zero-order chi connectivity index (χ0) is 17.8. The van der Waals surface area contributed by atoms with Gasteiger partial charge in [0.05, 0.1) is 0 Å². The summed E-state index contributed by atoms with van der Waals surface area (Å²) in [6.45, 7) is 6.67. The molecule has 2 saturated heterocycles. The van der Waals surface area contributed by atoms with Crippen LogP contribution < -0.4 is 0 Å². The first-order chi connectivity index (χ1) is 12.8. The number of hydrazone groups is 2. The number of rotatable bonds is 4. The summed E-state index contributed by atoms with van der Waals surface area (Å²) >= 11 is 0. The zero-order valence-corrected chi connectivity index (χ0v) is 15.3. The summed E-state index contributed by atoms with van der Waals surface area (Å²) in [6, 6.07) is -0.246. The summed E-state index contributed by atoms with van der Waals surface area (Å²) in [6.07, 6.45) is 16.5. The van der Waals surface area contributed by atoms with Crippen molar-refractivity contribution in [2.45, 2.75) is 25.7 Å². The van der Waals surface area contributed by atoms with E-state index in [2.05, 4.69) is 32.2 Å². The summed E-state index contributed by atoms with van der Waals surface area (Å²) in [7, 11) is 0. The molecule has 4 heterocycles. The van der Waals surface area contributed by atoms with E-state index in [4.69, 9.17) is 0 Å². The average Bonchev–Trinajstić information content (AvgIpc) is 3.37. The van der Waals surface area contributed by atoms with Crippen LogP contribution in [0, 0.1) is 11.8 Å². The van der Waals surface area contributed by atoms with Crippen molar-refractivity contribution in [1.82, 2.24) is 19.8 Å². The van der Waals surface area contributed by atoms with Crippen LogP contribution in [0.3, 0.4) is 0 Å². The molecular formula is C19H28N6O. The molecular weight excluding hydrogens is 328 g/mol. The maximum atomic E-state index is 12.6. The average molecular weight is 356 g/mol. The summed E-state index contributed by atoms with van der Waals surface area (Å²) in [4.78, 5) is 17.5. The molecule has 2 fully saturated rings. The Bertz CT molecular complexity index is 536. The molecule has 0 saturated carbocycles. The quantitative estimate of drug-likeness (QED) is 0.776. The van der Waals surface area contributed by atoms with Gasteiger partial charge < -0.3 is 9.80 Å². The Labute approximate surface area is 155 Å². The van der Waals surface area contributed by atoms with Gasteiger partial charge in [-0.1, -0.05) is 12.2 Å². The van der Waals surface area contributed by atoms with Crippen molar-refractivity contribution >= 4 is 18.5 Å². The molecule has 0 spiro atoms. The van der Waals surface area contributed by atoms with E-state index in [-0.39, 0.29) is 17.9 Å². The van der Waals surface area contributed by atoms with E-state index in [0.29, 0.717) is 0 Å². The first kappa shape index (κ1) is 17.4. The second-order valence-corrected chi connectivity index (χ2v) is 7.53. The van der Waals surface area contributed by atoms with E-state index in [1.807, 2.05) is 12.4 Å². The molecule has 4 aliphatic heterocycles. The third-order valence-corrected chi connectivity index (χ3v) is 5.44. The number of urea groups is 1. The molecule has 0 radical (unpaired) electrons. The molecule has 2 amide bonds. The van der Waals surface area contributed by atoms with Gasteiger partial charge in [0, 0.05) is 49.8 Å². The maximum Gasteiger partial charge on any atom is 0.369 e. The Hall–Kier alpha value is -1.99. The van der Waals surface area contributed by atoms with Crippen LogP contribution in [0.1, 0.15) is 25.7 Å². The predicted octanol–water partition coefficient (Wildman–Crippen LogP) is 2.16. The molecule has 0 N–H and O–H groups in total. The highest BCUT2D eigenvalue weighted by atomic mass is 16.2. The number of hydrogen-bond acceptors (Lipinski definition) is 5. The van der Waals surface area contributed by atoms with Gasteiger partial charge in [-0.25, -0.2) is 4.79 Å². The van der Waals surface area contributed by atoms with Gasteiger partial charge in [0.2, 0.25) is 0 Å². The van der Waals surface area contributed by atoms with Crippen molar-refractivity contribution in [3.05, 3.63) is 24.6 Å². The molecule has 4 aliphatic rings. The van der Waals surface area contributed by atoms with Gasteiger partial charge in [0.15, 0.2) is 0 Å². The topological polar surface area (TPSA) is 54.8 Å². The first-order valence-corrected chi connectivity index (χ1v) is 9.80.